The van der Waals surface area contributed by atoms with Crippen molar-refractivity contribution < 1.29 is 14.7 Å². The second-order valence-corrected chi connectivity index (χ2v) is 5.65. The first-order valence-electron chi connectivity index (χ1n) is 6.67. The van der Waals surface area contributed by atoms with Crippen LogP contribution in [0.1, 0.15) is 24.0 Å². The number of carboxylic acid groups (broad SMARTS) is 1. The molecule has 2 N–H and O–H groups in total. The molecule has 2 rings (SSSR count). The molecule has 1 unspecified atom stereocenters. The van der Waals surface area contributed by atoms with Gasteiger partial charge in [0.1, 0.15) is 6.04 Å². The van der Waals surface area contributed by atoms with Crippen LogP contribution in [0, 0.1) is 0 Å². The molecule has 1 amide bonds. The molecule has 5 heteroatoms. The summed E-state index contributed by atoms with van der Waals surface area (Å²) >= 11 is 1.52. The van der Waals surface area contributed by atoms with Crippen LogP contribution in [0.2, 0.25) is 0 Å². The fourth-order valence-electron chi connectivity index (χ4n) is 2.02. The van der Waals surface area contributed by atoms with Crippen LogP contribution in [0.5, 0.6) is 0 Å². The minimum atomic E-state index is -1.02. The van der Waals surface area contributed by atoms with Crippen molar-refractivity contribution in [2.45, 2.75) is 25.3 Å². The lowest BCUT2D eigenvalue weighted by atomic mass is 10.0. The van der Waals surface area contributed by atoms with E-state index in [0.717, 1.165) is 11.1 Å². The molecule has 0 aliphatic heterocycles. The summed E-state index contributed by atoms with van der Waals surface area (Å²) in [6.45, 7) is 1.78. The fourth-order valence-corrected chi connectivity index (χ4v) is 2.77. The first kappa shape index (κ1) is 15.3. The van der Waals surface area contributed by atoms with Crippen molar-refractivity contribution in [3.8, 4) is 0 Å². The van der Waals surface area contributed by atoms with Gasteiger partial charge in [0, 0.05) is 6.42 Å². The number of thiophene rings is 1. The van der Waals surface area contributed by atoms with Gasteiger partial charge < -0.3 is 10.4 Å². The zero-order chi connectivity index (χ0) is 15.2. The molecule has 1 heterocycles. The third-order valence-electron chi connectivity index (χ3n) is 3.33. The van der Waals surface area contributed by atoms with Crippen LogP contribution in [0.25, 0.3) is 0 Å². The number of hydrogen-bond donors (Lipinski definition) is 2. The van der Waals surface area contributed by atoms with Gasteiger partial charge in [0.15, 0.2) is 0 Å². The molecule has 110 valence electrons. The molecule has 0 radical (unpaired) electrons. The fraction of sp³-hybridized carbons (Fsp3) is 0.250. The summed E-state index contributed by atoms with van der Waals surface area (Å²) in [5.74, 6) is -1.64. The van der Waals surface area contributed by atoms with Crippen LogP contribution in [-0.4, -0.2) is 23.0 Å². The number of rotatable bonds is 6. The lowest BCUT2D eigenvalue weighted by molar-refractivity contribution is -0.141. The van der Waals surface area contributed by atoms with Gasteiger partial charge in [-0.15, -0.1) is 0 Å². The minimum absolute atomic E-state index is 0.267. The third kappa shape index (κ3) is 4.16. The lowest BCUT2D eigenvalue weighted by Gasteiger charge is -2.17. The van der Waals surface area contributed by atoms with Crippen LogP contribution in [0.4, 0.5) is 0 Å². The zero-order valence-corrected chi connectivity index (χ0v) is 12.5. The van der Waals surface area contributed by atoms with Crippen molar-refractivity contribution in [3.63, 3.8) is 0 Å². The summed E-state index contributed by atoms with van der Waals surface area (Å²) in [5.41, 5.74) is 1.79. The average molecular weight is 303 g/mol. The molecule has 0 fully saturated rings. The number of carbonyl (C=O) groups is 2. The summed E-state index contributed by atoms with van der Waals surface area (Å²) < 4.78 is 0. The summed E-state index contributed by atoms with van der Waals surface area (Å²) in [4.78, 5) is 23.5. The van der Waals surface area contributed by atoms with Crippen molar-refractivity contribution in [1.82, 2.24) is 5.32 Å². The molecular weight excluding hydrogens is 286 g/mol. The average Bonchev–Trinajstić information content (AvgIpc) is 3.00. The molecule has 0 aliphatic carbocycles. The Bertz CT molecular complexity index is 595. The van der Waals surface area contributed by atoms with Crippen molar-refractivity contribution in [2.75, 3.05) is 0 Å². The Morgan fingerprint density at radius 1 is 1.24 bits per heavy atom. The lowest BCUT2D eigenvalue weighted by Crippen LogP contribution is -2.43. The van der Waals surface area contributed by atoms with Gasteiger partial charge in [0.2, 0.25) is 5.91 Å². The molecule has 0 bridgehead atoms. The molecule has 0 spiro atoms. The summed E-state index contributed by atoms with van der Waals surface area (Å²) in [5, 5.41) is 15.7. The Morgan fingerprint density at radius 3 is 2.52 bits per heavy atom. The van der Waals surface area contributed by atoms with Crippen molar-refractivity contribution in [1.29, 1.82) is 0 Å². The Kier molecular flexibility index (Phi) is 5.11. The van der Waals surface area contributed by atoms with Crippen LogP contribution in [0.15, 0.2) is 47.2 Å². The molecule has 21 heavy (non-hydrogen) atoms. The van der Waals surface area contributed by atoms with Gasteiger partial charge in [-0.3, -0.25) is 4.79 Å². The summed E-state index contributed by atoms with van der Waals surface area (Å²) in [6, 6.07) is 10.2. The van der Waals surface area contributed by atoms with Crippen LogP contribution in [-0.2, 0) is 16.0 Å². The number of nitrogens with one attached hydrogen (secondary N) is 1. The van der Waals surface area contributed by atoms with Gasteiger partial charge in [0.05, 0.1) is 5.92 Å². The van der Waals surface area contributed by atoms with E-state index in [9.17, 15) is 14.7 Å². The Balaban J connectivity index is 2.03. The molecule has 1 aromatic carbocycles. The van der Waals surface area contributed by atoms with Gasteiger partial charge >= 0.3 is 5.97 Å². The highest BCUT2D eigenvalue weighted by Gasteiger charge is 2.24. The molecular formula is C16H17NO3S. The third-order valence-corrected chi connectivity index (χ3v) is 4.04. The highest BCUT2D eigenvalue weighted by atomic mass is 32.1. The van der Waals surface area contributed by atoms with Crippen molar-refractivity contribution in [2.24, 2.45) is 0 Å². The second kappa shape index (κ2) is 7.04. The van der Waals surface area contributed by atoms with Crippen molar-refractivity contribution >= 4 is 23.2 Å². The van der Waals surface area contributed by atoms with E-state index >= 15 is 0 Å². The molecule has 0 saturated heterocycles. The van der Waals surface area contributed by atoms with E-state index in [2.05, 4.69) is 5.32 Å². The predicted molar refractivity (Wildman–Crippen MR) is 82.4 cm³/mol. The highest BCUT2D eigenvalue weighted by molar-refractivity contribution is 7.08. The number of carboxylic acids is 1. The van der Waals surface area contributed by atoms with E-state index in [0.29, 0.717) is 0 Å². The zero-order valence-electron chi connectivity index (χ0n) is 11.7. The molecule has 0 saturated carbocycles. The quantitative estimate of drug-likeness (QED) is 0.862. The molecule has 2 aromatic rings. The maximum atomic E-state index is 12.2. The van der Waals surface area contributed by atoms with Crippen LogP contribution in [0.3, 0.4) is 0 Å². The number of carbonyl (C=O) groups excluding carboxylic acids is 1. The largest absolute Gasteiger partial charge is 0.480 e. The molecule has 0 aliphatic rings. The SMILES string of the molecule is CC(C(=O)N[C@@H](Cc1ccccc1)C(=O)O)c1ccsc1. The van der Waals surface area contributed by atoms with E-state index in [1.54, 1.807) is 6.92 Å². The van der Waals surface area contributed by atoms with E-state index in [-0.39, 0.29) is 18.2 Å². The maximum Gasteiger partial charge on any atom is 0.326 e. The number of hydrogen-bond acceptors (Lipinski definition) is 3. The van der Waals surface area contributed by atoms with E-state index < -0.39 is 12.0 Å². The highest BCUT2D eigenvalue weighted by Crippen LogP contribution is 2.18. The maximum absolute atomic E-state index is 12.2. The monoisotopic (exact) mass is 303 g/mol. The van der Waals surface area contributed by atoms with E-state index in [1.807, 2.05) is 47.2 Å². The molecule has 2 atom stereocenters. The molecule has 4 nitrogen and oxygen atoms in total. The van der Waals surface area contributed by atoms with E-state index in [4.69, 9.17) is 0 Å². The summed E-state index contributed by atoms with van der Waals surface area (Å²) in [6.07, 6.45) is 0.276. The van der Waals surface area contributed by atoms with Gasteiger partial charge in [-0.05, 0) is 34.9 Å². The van der Waals surface area contributed by atoms with Crippen LogP contribution < -0.4 is 5.32 Å². The first-order valence-corrected chi connectivity index (χ1v) is 7.61. The minimum Gasteiger partial charge on any atom is -0.480 e. The van der Waals surface area contributed by atoms with Crippen LogP contribution >= 0.6 is 11.3 Å². The Labute approximate surface area is 127 Å². The topological polar surface area (TPSA) is 66.4 Å². The smallest absolute Gasteiger partial charge is 0.326 e. The standard InChI is InChI=1S/C16H17NO3S/c1-11(13-7-8-21-10-13)15(18)17-14(16(19)20)9-12-5-3-2-4-6-12/h2-8,10-11,14H,9H2,1H3,(H,17,18)(H,19,20)/t11?,14-/m0/s1. The van der Waals surface area contributed by atoms with Crippen molar-refractivity contribution in [3.05, 3.63) is 58.3 Å². The van der Waals surface area contributed by atoms with Gasteiger partial charge in [0.25, 0.3) is 0 Å². The van der Waals surface area contributed by atoms with Gasteiger partial charge in [-0.2, -0.15) is 11.3 Å². The molecule has 1 aromatic heterocycles. The predicted octanol–water partition coefficient (Wildman–Crippen LogP) is 2.66. The van der Waals surface area contributed by atoms with Gasteiger partial charge in [-0.25, -0.2) is 4.79 Å². The number of amides is 1. The Morgan fingerprint density at radius 2 is 1.95 bits per heavy atom. The van der Waals surface area contributed by atoms with E-state index in [1.165, 1.54) is 11.3 Å². The Hall–Kier alpha value is -2.14. The number of aliphatic carboxylic acids is 1. The normalized spacial score (nSPS) is 13.4. The second-order valence-electron chi connectivity index (χ2n) is 4.87. The number of benzene rings is 1. The van der Waals surface area contributed by atoms with Gasteiger partial charge in [-0.1, -0.05) is 30.3 Å². The summed E-state index contributed by atoms with van der Waals surface area (Å²) in [7, 11) is 0. The first-order chi connectivity index (χ1) is 10.1.